The average molecular weight is 235 g/mol. The van der Waals surface area contributed by atoms with E-state index in [1.165, 1.54) is 25.7 Å². The molecule has 0 atom stereocenters. The monoisotopic (exact) mass is 235 g/mol. The zero-order valence-electron chi connectivity index (χ0n) is 10.5. The van der Waals surface area contributed by atoms with Gasteiger partial charge in [0.15, 0.2) is 5.96 Å². The normalized spacial score (nSPS) is 18.2. The van der Waals surface area contributed by atoms with Gasteiger partial charge in [-0.25, -0.2) is 4.99 Å². The van der Waals surface area contributed by atoms with Crippen LogP contribution in [0.3, 0.4) is 0 Å². The van der Waals surface area contributed by atoms with Gasteiger partial charge in [-0.1, -0.05) is 12.8 Å². The molecule has 1 aromatic rings. The quantitative estimate of drug-likeness (QED) is 0.617. The van der Waals surface area contributed by atoms with Crippen LogP contribution in [-0.2, 0) is 13.6 Å². The minimum Gasteiger partial charge on any atom is -0.370 e. The highest BCUT2D eigenvalue weighted by atomic mass is 15.3. The molecule has 0 spiro atoms. The van der Waals surface area contributed by atoms with Crippen molar-refractivity contribution in [3.05, 3.63) is 18.0 Å². The fourth-order valence-corrected chi connectivity index (χ4v) is 2.13. The zero-order valence-corrected chi connectivity index (χ0v) is 10.5. The summed E-state index contributed by atoms with van der Waals surface area (Å²) in [4.78, 5) is 6.64. The van der Waals surface area contributed by atoms with Gasteiger partial charge in [-0.05, 0) is 12.8 Å². The summed E-state index contributed by atoms with van der Waals surface area (Å²) in [5, 5.41) is 4.12. The van der Waals surface area contributed by atoms with E-state index < -0.39 is 0 Å². The summed E-state index contributed by atoms with van der Waals surface area (Å²) in [5.41, 5.74) is 7.12. The van der Waals surface area contributed by atoms with Gasteiger partial charge in [0.1, 0.15) is 0 Å². The molecule has 0 bridgehead atoms. The van der Waals surface area contributed by atoms with Crippen molar-refractivity contribution in [3.63, 3.8) is 0 Å². The summed E-state index contributed by atoms with van der Waals surface area (Å²) in [6.07, 6.45) is 8.88. The third-order valence-corrected chi connectivity index (χ3v) is 3.11. The molecule has 5 nitrogen and oxygen atoms in total. The standard InChI is InChI=1S/C12H21N5/c1-16-10-11(9-15-16)8-14-12(13)17-6-4-2-3-5-7-17/h9-10H,2-8H2,1H3,(H2,13,14). The number of aliphatic imine (C=N–C) groups is 1. The van der Waals surface area contributed by atoms with Crippen LogP contribution in [-0.4, -0.2) is 33.7 Å². The van der Waals surface area contributed by atoms with E-state index in [1.807, 2.05) is 19.4 Å². The Labute approximate surface area is 102 Å². The van der Waals surface area contributed by atoms with Crippen LogP contribution in [0.2, 0.25) is 0 Å². The van der Waals surface area contributed by atoms with E-state index in [4.69, 9.17) is 5.73 Å². The molecule has 17 heavy (non-hydrogen) atoms. The first-order valence-electron chi connectivity index (χ1n) is 6.28. The molecule has 1 aliphatic rings. The van der Waals surface area contributed by atoms with Crippen molar-refractivity contribution in [1.82, 2.24) is 14.7 Å². The van der Waals surface area contributed by atoms with Gasteiger partial charge in [0.05, 0.1) is 12.7 Å². The molecule has 0 aliphatic carbocycles. The first-order chi connectivity index (χ1) is 8.25. The molecule has 0 radical (unpaired) electrons. The van der Waals surface area contributed by atoms with Crippen LogP contribution in [0.15, 0.2) is 17.4 Å². The Morgan fingerprint density at radius 1 is 1.35 bits per heavy atom. The summed E-state index contributed by atoms with van der Waals surface area (Å²) in [7, 11) is 1.91. The number of nitrogens with two attached hydrogens (primary N) is 1. The lowest BCUT2D eigenvalue weighted by atomic mass is 10.2. The second-order valence-electron chi connectivity index (χ2n) is 4.60. The second kappa shape index (κ2) is 5.70. The highest BCUT2D eigenvalue weighted by molar-refractivity contribution is 5.78. The lowest BCUT2D eigenvalue weighted by molar-refractivity contribution is 0.428. The first kappa shape index (κ1) is 12.0. The Morgan fingerprint density at radius 3 is 2.65 bits per heavy atom. The molecule has 0 aromatic carbocycles. The smallest absolute Gasteiger partial charge is 0.191 e. The van der Waals surface area contributed by atoms with Crippen molar-refractivity contribution < 1.29 is 0 Å². The van der Waals surface area contributed by atoms with Crippen LogP contribution >= 0.6 is 0 Å². The van der Waals surface area contributed by atoms with E-state index in [0.29, 0.717) is 12.5 Å². The molecule has 0 saturated carbocycles. The summed E-state index contributed by atoms with van der Waals surface area (Å²) in [6.45, 7) is 2.71. The average Bonchev–Trinajstić information content (AvgIpc) is 2.58. The van der Waals surface area contributed by atoms with Crippen molar-refractivity contribution in [2.45, 2.75) is 32.2 Å². The van der Waals surface area contributed by atoms with Crippen LogP contribution < -0.4 is 5.73 Å². The van der Waals surface area contributed by atoms with Gasteiger partial charge in [-0.3, -0.25) is 4.68 Å². The number of aryl methyl sites for hydroxylation is 1. The van der Waals surface area contributed by atoms with E-state index in [1.54, 1.807) is 4.68 Å². The number of guanidine groups is 1. The van der Waals surface area contributed by atoms with E-state index in [-0.39, 0.29) is 0 Å². The zero-order chi connectivity index (χ0) is 12.1. The molecule has 94 valence electrons. The maximum absolute atomic E-state index is 6.02. The highest BCUT2D eigenvalue weighted by Gasteiger charge is 2.10. The third-order valence-electron chi connectivity index (χ3n) is 3.11. The summed E-state index contributed by atoms with van der Waals surface area (Å²) in [6, 6.07) is 0. The van der Waals surface area contributed by atoms with Crippen LogP contribution in [0, 0.1) is 0 Å². The molecule has 2 N–H and O–H groups in total. The summed E-state index contributed by atoms with van der Waals surface area (Å²) >= 11 is 0. The molecule has 5 heteroatoms. The minimum absolute atomic E-state index is 0.621. The molecule has 0 unspecified atom stereocenters. The molecule has 2 rings (SSSR count). The molecule has 1 fully saturated rings. The van der Waals surface area contributed by atoms with Gasteiger partial charge in [-0.15, -0.1) is 0 Å². The molecule has 1 aliphatic heterocycles. The van der Waals surface area contributed by atoms with Gasteiger partial charge >= 0.3 is 0 Å². The first-order valence-corrected chi connectivity index (χ1v) is 6.28. The Kier molecular flexibility index (Phi) is 4.01. The maximum atomic E-state index is 6.02. The van der Waals surface area contributed by atoms with Crippen molar-refractivity contribution in [3.8, 4) is 0 Å². The van der Waals surface area contributed by atoms with Crippen LogP contribution in [0.25, 0.3) is 0 Å². The minimum atomic E-state index is 0.621. The Balaban J connectivity index is 1.91. The van der Waals surface area contributed by atoms with Crippen LogP contribution in [0.4, 0.5) is 0 Å². The van der Waals surface area contributed by atoms with Crippen molar-refractivity contribution >= 4 is 5.96 Å². The molecule has 2 heterocycles. The molecule has 1 saturated heterocycles. The Bertz CT molecular complexity index is 374. The molecule has 0 amide bonds. The topological polar surface area (TPSA) is 59.4 Å². The van der Waals surface area contributed by atoms with E-state index in [9.17, 15) is 0 Å². The lowest BCUT2D eigenvalue weighted by Gasteiger charge is -2.20. The summed E-state index contributed by atoms with van der Waals surface area (Å²) < 4.78 is 1.78. The van der Waals surface area contributed by atoms with Gasteiger partial charge in [-0.2, -0.15) is 5.10 Å². The van der Waals surface area contributed by atoms with Gasteiger partial charge in [0, 0.05) is 31.9 Å². The number of hydrogen-bond acceptors (Lipinski definition) is 2. The Hall–Kier alpha value is -1.52. The second-order valence-corrected chi connectivity index (χ2v) is 4.60. The summed E-state index contributed by atoms with van der Waals surface area (Å²) in [5.74, 6) is 0.677. The van der Waals surface area contributed by atoms with Crippen molar-refractivity contribution in [2.24, 2.45) is 17.8 Å². The highest BCUT2D eigenvalue weighted by Crippen LogP contribution is 2.09. The van der Waals surface area contributed by atoms with Gasteiger partial charge < -0.3 is 10.6 Å². The van der Waals surface area contributed by atoms with Crippen LogP contribution in [0.5, 0.6) is 0 Å². The predicted molar refractivity (Wildman–Crippen MR) is 68.6 cm³/mol. The SMILES string of the molecule is Cn1cc(CN=C(N)N2CCCCCC2)cn1. The fourth-order valence-electron chi connectivity index (χ4n) is 2.13. The Morgan fingerprint density at radius 2 is 2.06 bits per heavy atom. The number of rotatable bonds is 2. The lowest BCUT2D eigenvalue weighted by Crippen LogP contribution is -2.38. The van der Waals surface area contributed by atoms with Crippen molar-refractivity contribution in [1.29, 1.82) is 0 Å². The number of likely N-dealkylation sites (tertiary alicyclic amines) is 1. The number of hydrogen-bond donors (Lipinski definition) is 1. The molecular weight excluding hydrogens is 214 g/mol. The third kappa shape index (κ3) is 3.47. The van der Waals surface area contributed by atoms with E-state index >= 15 is 0 Å². The maximum Gasteiger partial charge on any atom is 0.191 e. The fraction of sp³-hybridized carbons (Fsp3) is 0.667. The molecule has 1 aromatic heterocycles. The van der Waals surface area contributed by atoms with Crippen LogP contribution in [0.1, 0.15) is 31.2 Å². The van der Waals surface area contributed by atoms with E-state index in [0.717, 1.165) is 18.7 Å². The van der Waals surface area contributed by atoms with Crippen molar-refractivity contribution in [2.75, 3.05) is 13.1 Å². The van der Waals surface area contributed by atoms with E-state index in [2.05, 4.69) is 15.0 Å². The van der Waals surface area contributed by atoms with Gasteiger partial charge in [0.2, 0.25) is 0 Å². The molecular formula is C12H21N5. The number of nitrogens with zero attached hydrogens (tertiary/aromatic N) is 4. The largest absolute Gasteiger partial charge is 0.370 e. The number of aromatic nitrogens is 2. The van der Waals surface area contributed by atoms with Gasteiger partial charge in [0.25, 0.3) is 0 Å². The predicted octanol–water partition coefficient (Wildman–Crippen LogP) is 1.11.